The van der Waals surface area contributed by atoms with Gasteiger partial charge in [0.2, 0.25) is 0 Å². The first kappa shape index (κ1) is 12.4. The van der Waals surface area contributed by atoms with Crippen LogP contribution in [0.5, 0.6) is 0 Å². The SMILES string of the molecule is CSc1nc2ccc(NCc3cccnc3)cc2s1. The van der Waals surface area contributed by atoms with Gasteiger partial charge in [0.05, 0.1) is 10.2 Å². The van der Waals surface area contributed by atoms with E-state index < -0.39 is 0 Å². The van der Waals surface area contributed by atoms with Gasteiger partial charge in [-0.3, -0.25) is 4.98 Å². The van der Waals surface area contributed by atoms with Crippen LogP contribution >= 0.6 is 23.1 Å². The highest BCUT2D eigenvalue weighted by molar-refractivity contribution is 8.00. The number of anilines is 1. The number of nitrogens with one attached hydrogen (secondary N) is 1. The van der Waals surface area contributed by atoms with Crippen molar-refractivity contribution in [2.24, 2.45) is 0 Å². The monoisotopic (exact) mass is 287 g/mol. The average Bonchev–Trinajstić information content (AvgIpc) is 2.88. The van der Waals surface area contributed by atoms with Crippen LogP contribution in [-0.4, -0.2) is 16.2 Å². The Balaban J connectivity index is 1.78. The van der Waals surface area contributed by atoms with Crippen molar-refractivity contribution in [1.82, 2.24) is 9.97 Å². The molecule has 0 saturated carbocycles. The number of thioether (sulfide) groups is 1. The van der Waals surface area contributed by atoms with Crippen molar-refractivity contribution in [2.75, 3.05) is 11.6 Å². The highest BCUT2D eigenvalue weighted by atomic mass is 32.2. The van der Waals surface area contributed by atoms with Gasteiger partial charge in [0.1, 0.15) is 0 Å². The molecule has 0 fully saturated rings. The summed E-state index contributed by atoms with van der Waals surface area (Å²) in [6, 6.07) is 10.3. The van der Waals surface area contributed by atoms with Gasteiger partial charge in [-0.05, 0) is 36.1 Å². The van der Waals surface area contributed by atoms with Crippen LogP contribution in [0, 0.1) is 0 Å². The molecule has 19 heavy (non-hydrogen) atoms. The second-order valence-electron chi connectivity index (χ2n) is 4.08. The van der Waals surface area contributed by atoms with Gasteiger partial charge in [-0.1, -0.05) is 17.8 Å². The molecule has 1 aromatic carbocycles. The number of hydrogen-bond donors (Lipinski definition) is 1. The van der Waals surface area contributed by atoms with Crippen LogP contribution in [0.3, 0.4) is 0 Å². The van der Waals surface area contributed by atoms with Crippen molar-refractivity contribution in [1.29, 1.82) is 0 Å². The van der Waals surface area contributed by atoms with Crippen LogP contribution in [0.1, 0.15) is 5.56 Å². The Hall–Kier alpha value is -1.59. The Kier molecular flexibility index (Phi) is 3.66. The van der Waals surface area contributed by atoms with E-state index in [1.807, 2.05) is 12.3 Å². The van der Waals surface area contributed by atoms with E-state index >= 15 is 0 Å². The molecule has 3 aromatic rings. The molecule has 5 heteroatoms. The molecule has 2 heterocycles. The lowest BCUT2D eigenvalue weighted by Crippen LogP contribution is -1.99. The predicted octanol–water partition coefficient (Wildman–Crippen LogP) is 4.03. The van der Waals surface area contributed by atoms with Gasteiger partial charge in [-0.25, -0.2) is 4.98 Å². The van der Waals surface area contributed by atoms with E-state index in [2.05, 4.69) is 45.8 Å². The summed E-state index contributed by atoms with van der Waals surface area (Å²) in [5.41, 5.74) is 3.37. The van der Waals surface area contributed by atoms with Crippen molar-refractivity contribution in [2.45, 2.75) is 10.9 Å². The largest absolute Gasteiger partial charge is 0.381 e. The molecule has 3 nitrogen and oxygen atoms in total. The number of rotatable bonds is 4. The van der Waals surface area contributed by atoms with E-state index in [1.54, 1.807) is 29.3 Å². The maximum absolute atomic E-state index is 4.53. The molecule has 0 aliphatic heterocycles. The maximum Gasteiger partial charge on any atom is 0.150 e. The molecule has 0 aliphatic rings. The average molecular weight is 287 g/mol. The number of fused-ring (bicyclic) bond motifs is 1. The molecule has 2 aromatic heterocycles. The summed E-state index contributed by atoms with van der Waals surface area (Å²) in [6.45, 7) is 0.785. The summed E-state index contributed by atoms with van der Waals surface area (Å²) in [5.74, 6) is 0. The molecule has 0 atom stereocenters. The zero-order valence-electron chi connectivity index (χ0n) is 10.5. The van der Waals surface area contributed by atoms with Gasteiger partial charge in [-0.15, -0.1) is 11.3 Å². The Labute approximate surface area is 120 Å². The fourth-order valence-corrected chi connectivity index (χ4v) is 3.34. The molecule has 96 valence electrons. The molecule has 0 unspecified atom stereocenters. The summed E-state index contributed by atoms with van der Waals surface area (Å²) in [7, 11) is 0. The quantitative estimate of drug-likeness (QED) is 0.735. The summed E-state index contributed by atoms with van der Waals surface area (Å²) >= 11 is 3.42. The summed E-state index contributed by atoms with van der Waals surface area (Å²) in [6.07, 6.45) is 5.72. The lowest BCUT2D eigenvalue weighted by molar-refractivity contribution is 1.11. The first-order valence-electron chi connectivity index (χ1n) is 5.92. The molecule has 1 N–H and O–H groups in total. The lowest BCUT2D eigenvalue weighted by atomic mass is 10.2. The van der Waals surface area contributed by atoms with Crippen molar-refractivity contribution in [3.05, 3.63) is 48.3 Å². The number of nitrogens with zero attached hydrogens (tertiary/aromatic N) is 2. The van der Waals surface area contributed by atoms with Gasteiger partial charge in [-0.2, -0.15) is 0 Å². The molecular formula is C14H13N3S2. The minimum Gasteiger partial charge on any atom is -0.381 e. The number of benzene rings is 1. The lowest BCUT2D eigenvalue weighted by Gasteiger charge is -2.05. The second-order valence-corrected chi connectivity index (χ2v) is 6.17. The fraction of sp³-hybridized carbons (Fsp3) is 0.143. The molecular weight excluding hydrogens is 274 g/mol. The molecule has 0 radical (unpaired) electrons. The van der Waals surface area contributed by atoms with Gasteiger partial charge in [0.15, 0.2) is 4.34 Å². The van der Waals surface area contributed by atoms with Crippen LogP contribution in [0.4, 0.5) is 5.69 Å². The van der Waals surface area contributed by atoms with E-state index in [1.165, 1.54) is 10.3 Å². The van der Waals surface area contributed by atoms with Crippen LogP contribution in [-0.2, 0) is 6.54 Å². The Morgan fingerprint density at radius 3 is 3.05 bits per heavy atom. The summed E-state index contributed by atoms with van der Waals surface area (Å²) in [5, 5.41) is 3.41. The fourth-order valence-electron chi connectivity index (χ4n) is 1.81. The zero-order chi connectivity index (χ0) is 13.1. The second kappa shape index (κ2) is 5.59. The Morgan fingerprint density at radius 1 is 1.32 bits per heavy atom. The third kappa shape index (κ3) is 2.88. The minimum absolute atomic E-state index is 0.785. The van der Waals surface area contributed by atoms with Gasteiger partial charge < -0.3 is 5.32 Å². The summed E-state index contributed by atoms with van der Waals surface area (Å²) in [4.78, 5) is 8.64. The van der Waals surface area contributed by atoms with E-state index in [-0.39, 0.29) is 0 Å². The predicted molar refractivity (Wildman–Crippen MR) is 83.0 cm³/mol. The first-order valence-corrected chi connectivity index (χ1v) is 7.96. The van der Waals surface area contributed by atoms with Crippen LogP contribution in [0.2, 0.25) is 0 Å². The van der Waals surface area contributed by atoms with Crippen LogP contribution < -0.4 is 5.32 Å². The van der Waals surface area contributed by atoms with E-state index in [9.17, 15) is 0 Å². The first-order chi connectivity index (χ1) is 9.35. The van der Waals surface area contributed by atoms with Gasteiger partial charge in [0.25, 0.3) is 0 Å². The van der Waals surface area contributed by atoms with Crippen LogP contribution in [0.25, 0.3) is 10.2 Å². The number of thiazole rings is 1. The van der Waals surface area contributed by atoms with E-state index in [0.29, 0.717) is 0 Å². The van der Waals surface area contributed by atoms with Crippen molar-refractivity contribution < 1.29 is 0 Å². The third-order valence-electron chi connectivity index (χ3n) is 2.76. The molecule has 0 aliphatic carbocycles. The van der Waals surface area contributed by atoms with Crippen molar-refractivity contribution in [3.63, 3.8) is 0 Å². The normalized spacial score (nSPS) is 10.8. The highest BCUT2D eigenvalue weighted by Crippen LogP contribution is 2.30. The van der Waals surface area contributed by atoms with E-state index in [4.69, 9.17) is 0 Å². The zero-order valence-corrected chi connectivity index (χ0v) is 12.1. The van der Waals surface area contributed by atoms with Gasteiger partial charge in [0, 0.05) is 24.6 Å². The number of pyridine rings is 1. The third-order valence-corrected chi connectivity index (χ3v) is 4.77. The Morgan fingerprint density at radius 2 is 2.26 bits per heavy atom. The topological polar surface area (TPSA) is 37.8 Å². The molecule has 0 saturated heterocycles. The summed E-state index contributed by atoms with van der Waals surface area (Å²) < 4.78 is 2.33. The standard InChI is InChI=1S/C14H13N3S2/c1-18-14-17-12-5-4-11(7-13(12)19-14)16-9-10-3-2-6-15-8-10/h2-8,16H,9H2,1H3. The molecule has 0 spiro atoms. The minimum atomic E-state index is 0.785. The maximum atomic E-state index is 4.53. The molecule has 0 amide bonds. The Bertz CT molecular complexity index is 679. The van der Waals surface area contributed by atoms with Crippen molar-refractivity contribution in [3.8, 4) is 0 Å². The highest BCUT2D eigenvalue weighted by Gasteiger charge is 2.03. The molecule has 3 rings (SSSR count). The van der Waals surface area contributed by atoms with Crippen LogP contribution in [0.15, 0.2) is 47.1 Å². The number of aromatic nitrogens is 2. The number of hydrogen-bond acceptors (Lipinski definition) is 5. The smallest absolute Gasteiger partial charge is 0.150 e. The van der Waals surface area contributed by atoms with Crippen molar-refractivity contribution >= 4 is 39.0 Å². The van der Waals surface area contributed by atoms with E-state index in [0.717, 1.165) is 22.1 Å². The van der Waals surface area contributed by atoms with Gasteiger partial charge >= 0.3 is 0 Å². The molecule has 0 bridgehead atoms.